The van der Waals surface area contributed by atoms with Crippen LogP contribution in [0.1, 0.15) is 58.3 Å². The second-order valence-corrected chi connectivity index (χ2v) is 10.7. The largest absolute Gasteiger partial charge is 0.462 e. The number of unbranched alkanes of at least 4 members (excludes halogenated alkanes) is 1. The summed E-state index contributed by atoms with van der Waals surface area (Å²) in [5, 5.41) is 0. The summed E-state index contributed by atoms with van der Waals surface area (Å²) >= 11 is 4.00. The van der Waals surface area contributed by atoms with Crippen molar-refractivity contribution < 1.29 is 19.1 Å². The van der Waals surface area contributed by atoms with Crippen LogP contribution in [-0.4, -0.2) is 24.4 Å². The molecule has 0 unspecified atom stereocenters. The normalized spacial score (nSPS) is 25.8. The van der Waals surface area contributed by atoms with Crippen molar-refractivity contribution in [1.29, 1.82) is 0 Å². The van der Waals surface area contributed by atoms with E-state index in [2.05, 4.69) is 40.2 Å². The number of imide groups is 1. The van der Waals surface area contributed by atoms with Gasteiger partial charge in [-0.2, -0.15) is 0 Å². The number of hydrogen-bond donors (Lipinski definition) is 0. The topological polar surface area (TPSA) is 63.7 Å². The van der Waals surface area contributed by atoms with Crippen LogP contribution in [0, 0.1) is 11.8 Å². The second kappa shape index (κ2) is 8.16. The van der Waals surface area contributed by atoms with Crippen molar-refractivity contribution in [2.75, 3.05) is 11.5 Å². The molecule has 6 heteroatoms. The average molecular weight is 530 g/mol. The average Bonchev–Trinajstić information content (AvgIpc) is 3.16. The van der Waals surface area contributed by atoms with Crippen LogP contribution in [-0.2, 0) is 18.7 Å². The number of carbonyl (C=O) groups is 3. The molecule has 5 nitrogen and oxygen atoms in total. The maximum Gasteiger partial charge on any atom is 0.338 e. The van der Waals surface area contributed by atoms with Gasteiger partial charge in [-0.25, -0.2) is 9.69 Å². The van der Waals surface area contributed by atoms with Crippen LogP contribution in [0.15, 0.2) is 72.8 Å². The summed E-state index contributed by atoms with van der Waals surface area (Å²) in [5.41, 5.74) is 4.99. The van der Waals surface area contributed by atoms with E-state index in [9.17, 15) is 14.4 Å². The number of hydrogen-bond acceptors (Lipinski definition) is 4. The van der Waals surface area contributed by atoms with E-state index in [-0.39, 0.29) is 17.7 Å². The van der Waals surface area contributed by atoms with Crippen LogP contribution in [0.25, 0.3) is 0 Å². The summed E-state index contributed by atoms with van der Waals surface area (Å²) < 4.78 is 4.55. The van der Waals surface area contributed by atoms with Gasteiger partial charge < -0.3 is 4.74 Å². The molecule has 7 rings (SSSR count). The third kappa shape index (κ3) is 3.02. The molecule has 3 aromatic rings. The molecule has 3 aromatic carbocycles. The molecular formula is C29H24BrNO4. The lowest BCUT2D eigenvalue weighted by molar-refractivity contribution is -0.122. The van der Waals surface area contributed by atoms with Crippen LogP contribution in [0.5, 0.6) is 0 Å². The number of ether oxygens (including phenoxy) is 1. The lowest BCUT2D eigenvalue weighted by Gasteiger charge is -2.51. The molecule has 0 saturated carbocycles. The van der Waals surface area contributed by atoms with Crippen LogP contribution >= 0.6 is 15.9 Å². The SMILES string of the molecule is CCCCOC(=O)c1cccc(N2C(=O)[C@H]3C4c5ccccc5C(Br)(c5ccccc54)[C@H]3C2=O)c1. The van der Waals surface area contributed by atoms with Gasteiger partial charge in [0.2, 0.25) is 11.8 Å². The Morgan fingerprint density at radius 2 is 1.60 bits per heavy atom. The van der Waals surface area contributed by atoms with E-state index in [1.807, 2.05) is 31.2 Å². The second-order valence-electron chi connectivity index (χ2n) is 9.42. The summed E-state index contributed by atoms with van der Waals surface area (Å²) in [6.45, 7) is 2.37. The Morgan fingerprint density at radius 1 is 0.943 bits per heavy atom. The highest BCUT2D eigenvalue weighted by Crippen LogP contribution is 2.66. The van der Waals surface area contributed by atoms with Gasteiger partial charge in [-0.05, 0) is 46.9 Å². The van der Waals surface area contributed by atoms with Crippen molar-refractivity contribution in [3.63, 3.8) is 0 Å². The first-order valence-electron chi connectivity index (χ1n) is 12.0. The maximum atomic E-state index is 14.0. The molecule has 4 aliphatic rings. The summed E-state index contributed by atoms with van der Waals surface area (Å²) in [6, 6.07) is 22.8. The van der Waals surface area contributed by atoms with E-state index in [1.165, 1.54) is 4.90 Å². The summed E-state index contributed by atoms with van der Waals surface area (Å²) in [7, 11) is 0. The molecular weight excluding hydrogens is 506 g/mol. The van der Waals surface area contributed by atoms with Gasteiger partial charge in [-0.15, -0.1) is 0 Å². The number of halogens is 1. The Balaban J connectivity index is 1.44. The molecule has 1 fully saturated rings. The Morgan fingerprint density at radius 3 is 2.26 bits per heavy atom. The van der Waals surface area contributed by atoms with Crippen LogP contribution in [0.2, 0.25) is 0 Å². The molecule has 35 heavy (non-hydrogen) atoms. The molecule has 2 bridgehead atoms. The molecule has 1 aliphatic heterocycles. The van der Waals surface area contributed by atoms with Crippen molar-refractivity contribution in [2.45, 2.75) is 30.0 Å². The Hall–Kier alpha value is -3.25. The number of carbonyl (C=O) groups excluding carboxylic acids is 3. The van der Waals surface area contributed by atoms with Crippen LogP contribution in [0.4, 0.5) is 5.69 Å². The monoisotopic (exact) mass is 529 g/mol. The highest BCUT2D eigenvalue weighted by molar-refractivity contribution is 9.09. The molecule has 3 aliphatic carbocycles. The first kappa shape index (κ1) is 22.2. The van der Waals surface area contributed by atoms with Gasteiger partial charge in [0, 0.05) is 5.92 Å². The zero-order valence-electron chi connectivity index (χ0n) is 19.2. The molecule has 0 aromatic heterocycles. The van der Waals surface area contributed by atoms with Gasteiger partial charge in [0.1, 0.15) is 0 Å². The van der Waals surface area contributed by atoms with E-state index >= 15 is 0 Å². The summed E-state index contributed by atoms with van der Waals surface area (Å²) in [4.78, 5) is 41.8. The zero-order valence-corrected chi connectivity index (χ0v) is 20.8. The third-order valence-electron chi connectivity index (χ3n) is 7.59. The molecule has 176 valence electrons. The van der Waals surface area contributed by atoms with Gasteiger partial charge in [-0.3, -0.25) is 9.59 Å². The predicted molar refractivity (Wildman–Crippen MR) is 136 cm³/mol. The first-order chi connectivity index (χ1) is 17.0. The molecule has 0 N–H and O–H groups in total. The predicted octanol–water partition coefficient (Wildman–Crippen LogP) is 5.55. The number of anilines is 1. The minimum atomic E-state index is -0.794. The van der Waals surface area contributed by atoms with E-state index in [1.54, 1.807) is 24.3 Å². The smallest absolute Gasteiger partial charge is 0.338 e. The molecule has 2 amide bonds. The number of amides is 2. The van der Waals surface area contributed by atoms with Gasteiger partial charge in [0.25, 0.3) is 0 Å². The van der Waals surface area contributed by atoms with E-state index < -0.39 is 22.1 Å². The number of benzene rings is 3. The molecule has 1 saturated heterocycles. The highest BCUT2D eigenvalue weighted by Gasteiger charge is 2.67. The van der Waals surface area contributed by atoms with E-state index in [0.29, 0.717) is 17.9 Å². The highest BCUT2D eigenvalue weighted by atomic mass is 79.9. The van der Waals surface area contributed by atoms with Gasteiger partial charge in [-0.1, -0.05) is 83.9 Å². The fourth-order valence-corrected chi connectivity index (χ4v) is 7.30. The van der Waals surface area contributed by atoms with E-state index in [4.69, 9.17) is 4.74 Å². The summed E-state index contributed by atoms with van der Waals surface area (Å²) in [5.74, 6) is -2.22. The molecule has 0 radical (unpaired) electrons. The fraction of sp³-hybridized carbons (Fsp3) is 0.276. The quantitative estimate of drug-likeness (QED) is 0.188. The minimum Gasteiger partial charge on any atom is -0.462 e. The van der Waals surface area contributed by atoms with Gasteiger partial charge in [0.05, 0.1) is 34.0 Å². The Bertz CT molecular complexity index is 1330. The van der Waals surface area contributed by atoms with Gasteiger partial charge >= 0.3 is 5.97 Å². The lowest BCUT2D eigenvalue weighted by atomic mass is 9.55. The van der Waals surface area contributed by atoms with Crippen LogP contribution in [0.3, 0.4) is 0 Å². The number of rotatable bonds is 5. The van der Waals surface area contributed by atoms with E-state index in [0.717, 1.165) is 35.1 Å². The molecule has 2 atom stereocenters. The zero-order chi connectivity index (χ0) is 24.3. The third-order valence-corrected chi connectivity index (χ3v) is 8.93. The number of nitrogens with zero attached hydrogens (tertiary/aromatic N) is 1. The summed E-state index contributed by atoms with van der Waals surface area (Å²) in [6.07, 6.45) is 1.71. The first-order valence-corrected chi connectivity index (χ1v) is 12.8. The standard InChI is InChI=1S/C29H24BrNO4/c1-2-3-15-35-28(34)17-9-8-10-18(16-17)31-26(32)24-23-19-11-4-6-13-21(19)29(30,25(24)27(31)33)22-14-7-5-12-20(22)23/h4-14,16,23-25H,2-3,15H2,1H3/t23?,24-,25+,29?/m0/s1. The molecule has 0 spiro atoms. The number of esters is 1. The van der Waals surface area contributed by atoms with Crippen molar-refractivity contribution in [3.05, 3.63) is 101 Å². The van der Waals surface area contributed by atoms with Crippen molar-refractivity contribution in [2.24, 2.45) is 11.8 Å². The van der Waals surface area contributed by atoms with Crippen molar-refractivity contribution in [1.82, 2.24) is 0 Å². The minimum absolute atomic E-state index is 0.199. The Kier molecular flexibility index (Phi) is 5.18. The lowest BCUT2D eigenvalue weighted by Crippen LogP contribution is -2.50. The van der Waals surface area contributed by atoms with Crippen molar-refractivity contribution in [3.8, 4) is 0 Å². The van der Waals surface area contributed by atoms with Crippen LogP contribution < -0.4 is 4.90 Å². The fourth-order valence-electron chi connectivity index (χ4n) is 6.10. The number of alkyl halides is 1. The van der Waals surface area contributed by atoms with Gasteiger partial charge in [0.15, 0.2) is 0 Å². The molecule has 1 heterocycles. The Labute approximate surface area is 212 Å². The van der Waals surface area contributed by atoms with Crippen molar-refractivity contribution >= 4 is 39.4 Å². The maximum absolute atomic E-state index is 14.0.